The Hall–Kier alpha value is -0.870. The fourth-order valence-electron chi connectivity index (χ4n) is 3.94. The molecule has 3 nitrogen and oxygen atoms in total. The Kier molecular flexibility index (Phi) is 4.65. The smallest absolute Gasteiger partial charge is 0.303 e. The molecule has 1 saturated heterocycles. The standard InChI is InChI=1S/C17H22BrNO2/c18-13-5-7-15-12(11-13)4-8-16(15)19-10-2-1-3-14(19)6-9-17(20)21/h5,7,11,14,16H,1-4,6,8-10H2,(H,20,21). The summed E-state index contributed by atoms with van der Waals surface area (Å²) in [5.74, 6) is -0.670. The topological polar surface area (TPSA) is 40.5 Å². The van der Waals surface area contributed by atoms with E-state index in [1.165, 1.54) is 30.4 Å². The third kappa shape index (κ3) is 3.32. The Morgan fingerprint density at radius 2 is 2.19 bits per heavy atom. The van der Waals surface area contributed by atoms with Crippen LogP contribution in [0, 0.1) is 0 Å². The number of halogens is 1. The van der Waals surface area contributed by atoms with Crippen LogP contribution in [0.4, 0.5) is 0 Å². The lowest BCUT2D eigenvalue weighted by Crippen LogP contribution is -2.41. The summed E-state index contributed by atoms with van der Waals surface area (Å²) >= 11 is 3.55. The SMILES string of the molecule is O=C(O)CCC1CCCCN1C1CCc2cc(Br)ccc21. The fraction of sp³-hybridized carbons (Fsp3) is 0.588. The third-order valence-corrected chi connectivity index (χ3v) is 5.41. The monoisotopic (exact) mass is 351 g/mol. The molecule has 1 N–H and O–H groups in total. The molecular weight excluding hydrogens is 330 g/mol. The number of carbonyl (C=O) groups is 1. The van der Waals surface area contributed by atoms with Gasteiger partial charge in [0.1, 0.15) is 0 Å². The molecule has 1 aromatic carbocycles. The molecule has 1 fully saturated rings. The minimum atomic E-state index is -0.670. The largest absolute Gasteiger partial charge is 0.481 e. The van der Waals surface area contributed by atoms with Gasteiger partial charge in [0.15, 0.2) is 0 Å². The molecule has 1 aliphatic carbocycles. The number of piperidine rings is 1. The van der Waals surface area contributed by atoms with Gasteiger partial charge in [-0.1, -0.05) is 28.4 Å². The van der Waals surface area contributed by atoms with Crippen LogP contribution in [0.5, 0.6) is 0 Å². The van der Waals surface area contributed by atoms with Crippen LogP contribution in [0.15, 0.2) is 22.7 Å². The van der Waals surface area contributed by atoms with Crippen LogP contribution in [-0.2, 0) is 11.2 Å². The van der Waals surface area contributed by atoms with Crippen molar-refractivity contribution in [1.82, 2.24) is 4.90 Å². The number of rotatable bonds is 4. The number of likely N-dealkylation sites (tertiary alicyclic amines) is 1. The van der Waals surface area contributed by atoms with Crippen molar-refractivity contribution in [2.24, 2.45) is 0 Å². The number of hydrogen-bond acceptors (Lipinski definition) is 2. The average Bonchev–Trinajstić information content (AvgIpc) is 2.88. The van der Waals surface area contributed by atoms with E-state index in [1.807, 2.05) is 0 Å². The number of fused-ring (bicyclic) bond motifs is 1. The molecule has 4 heteroatoms. The molecule has 1 heterocycles. The van der Waals surface area contributed by atoms with Crippen molar-refractivity contribution < 1.29 is 9.90 Å². The van der Waals surface area contributed by atoms with Crippen LogP contribution in [0.3, 0.4) is 0 Å². The molecular formula is C17H22BrNO2. The van der Waals surface area contributed by atoms with E-state index >= 15 is 0 Å². The van der Waals surface area contributed by atoms with Gasteiger partial charge in [-0.15, -0.1) is 0 Å². The number of benzene rings is 1. The van der Waals surface area contributed by atoms with E-state index in [9.17, 15) is 4.79 Å². The van der Waals surface area contributed by atoms with Gasteiger partial charge in [0.25, 0.3) is 0 Å². The summed E-state index contributed by atoms with van der Waals surface area (Å²) in [5, 5.41) is 8.96. The molecule has 0 spiro atoms. The lowest BCUT2D eigenvalue weighted by atomic mass is 9.94. The summed E-state index contributed by atoms with van der Waals surface area (Å²) in [5.41, 5.74) is 2.91. The molecule has 0 radical (unpaired) electrons. The van der Waals surface area contributed by atoms with Crippen molar-refractivity contribution in [3.8, 4) is 0 Å². The van der Waals surface area contributed by atoms with Gasteiger partial charge in [0, 0.05) is 23.0 Å². The molecule has 0 bridgehead atoms. The highest BCUT2D eigenvalue weighted by Gasteiger charge is 2.33. The van der Waals surface area contributed by atoms with Crippen LogP contribution in [-0.4, -0.2) is 28.6 Å². The van der Waals surface area contributed by atoms with Gasteiger partial charge >= 0.3 is 5.97 Å². The number of carboxylic acid groups (broad SMARTS) is 1. The van der Waals surface area contributed by atoms with Crippen LogP contribution in [0.2, 0.25) is 0 Å². The highest BCUT2D eigenvalue weighted by atomic mass is 79.9. The van der Waals surface area contributed by atoms with Gasteiger partial charge in [0.2, 0.25) is 0 Å². The quantitative estimate of drug-likeness (QED) is 0.885. The van der Waals surface area contributed by atoms with Crippen LogP contribution >= 0.6 is 15.9 Å². The number of aliphatic carboxylic acids is 1. The Morgan fingerprint density at radius 3 is 3.00 bits per heavy atom. The molecule has 21 heavy (non-hydrogen) atoms. The Morgan fingerprint density at radius 1 is 1.33 bits per heavy atom. The third-order valence-electron chi connectivity index (χ3n) is 4.92. The number of aryl methyl sites for hydroxylation is 1. The first-order chi connectivity index (χ1) is 10.1. The maximum atomic E-state index is 10.9. The Bertz CT molecular complexity index is 532. The first-order valence-corrected chi connectivity index (χ1v) is 8.70. The normalized spacial score (nSPS) is 25.8. The van der Waals surface area contributed by atoms with Crippen molar-refractivity contribution in [3.05, 3.63) is 33.8 Å². The fourth-order valence-corrected chi connectivity index (χ4v) is 4.35. The van der Waals surface area contributed by atoms with Crippen molar-refractivity contribution in [1.29, 1.82) is 0 Å². The molecule has 2 aliphatic rings. The molecule has 0 amide bonds. The van der Waals surface area contributed by atoms with E-state index in [0.29, 0.717) is 18.5 Å². The van der Waals surface area contributed by atoms with Gasteiger partial charge in [-0.05, 0) is 61.9 Å². The summed E-state index contributed by atoms with van der Waals surface area (Å²) in [6.45, 7) is 1.12. The number of nitrogens with zero attached hydrogens (tertiary/aromatic N) is 1. The Labute approximate surface area is 134 Å². The van der Waals surface area contributed by atoms with E-state index < -0.39 is 5.97 Å². The van der Waals surface area contributed by atoms with E-state index in [1.54, 1.807) is 0 Å². The van der Waals surface area contributed by atoms with E-state index in [0.717, 1.165) is 30.3 Å². The summed E-state index contributed by atoms with van der Waals surface area (Å²) < 4.78 is 1.16. The van der Waals surface area contributed by atoms with Crippen LogP contribution in [0.25, 0.3) is 0 Å². The molecule has 0 aromatic heterocycles. The Balaban J connectivity index is 1.77. The second kappa shape index (κ2) is 6.49. The second-order valence-electron chi connectivity index (χ2n) is 6.22. The van der Waals surface area contributed by atoms with Crippen molar-refractivity contribution in [2.45, 2.75) is 57.0 Å². The molecule has 2 atom stereocenters. The van der Waals surface area contributed by atoms with E-state index in [4.69, 9.17) is 5.11 Å². The molecule has 1 aromatic rings. The second-order valence-corrected chi connectivity index (χ2v) is 7.13. The number of carboxylic acids is 1. The number of hydrogen-bond donors (Lipinski definition) is 1. The minimum Gasteiger partial charge on any atom is -0.481 e. The zero-order valence-electron chi connectivity index (χ0n) is 12.2. The predicted octanol–water partition coefficient (Wildman–Crippen LogP) is 4.16. The van der Waals surface area contributed by atoms with E-state index in [-0.39, 0.29) is 0 Å². The zero-order valence-corrected chi connectivity index (χ0v) is 13.8. The maximum absolute atomic E-state index is 10.9. The lowest BCUT2D eigenvalue weighted by molar-refractivity contribution is -0.137. The summed E-state index contributed by atoms with van der Waals surface area (Å²) in [6.07, 6.45) is 7.03. The molecule has 2 unspecified atom stereocenters. The van der Waals surface area contributed by atoms with Gasteiger partial charge in [-0.3, -0.25) is 9.69 Å². The van der Waals surface area contributed by atoms with Crippen LogP contribution in [0.1, 0.15) is 55.7 Å². The van der Waals surface area contributed by atoms with Crippen molar-refractivity contribution in [3.63, 3.8) is 0 Å². The van der Waals surface area contributed by atoms with E-state index in [2.05, 4.69) is 39.0 Å². The lowest BCUT2D eigenvalue weighted by Gasteiger charge is -2.40. The predicted molar refractivity (Wildman–Crippen MR) is 86.4 cm³/mol. The molecule has 0 saturated carbocycles. The van der Waals surface area contributed by atoms with Gasteiger partial charge in [0.05, 0.1) is 0 Å². The highest BCUT2D eigenvalue weighted by molar-refractivity contribution is 9.10. The zero-order chi connectivity index (χ0) is 14.8. The molecule has 3 rings (SSSR count). The minimum absolute atomic E-state index is 0.293. The summed E-state index contributed by atoms with van der Waals surface area (Å²) in [6, 6.07) is 7.56. The van der Waals surface area contributed by atoms with Gasteiger partial charge in [-0.25, -0.2) is 0 Å². The first-order valence-electron chi connectivity index (χ1n) is 7.91. The first kappa shape index (κ1) is 15.0. The highest BCUT2D eigenvalue weighted by Crippen LogP contribution is 2.40. The van der Waals surface area contributed by atoms with Gasteiger partial charge in [-0.2, -0.15) is 0 Å². The average molecular weight is 352 g/mol. The maximum Gasteiger partial charge on any atom is 0.303 e. The van der Waals surface area contributed by atoms with Gasteiger partial charge < -0.3 is 5.11 Å². The summed E-state index contributed by atoms with van der Waals surface area (Å²) in [7, 11) is 0. The molecule has 1 aliphatic heterocycles. The molecule has 114 valence electrons. The summed E-state index contributed by atoms with van der Waals surface area (Å²) in [4.78, 5) is 13.5. The van der Waals surface area contributed by atoms with Crippen molar-refractivity contribution in [2.75, 3.05) is 6.54 Å². The van der Waals surface area contributed by atoms with Crippen molar-refractivity contribution >= 4 is 21.9 Å². The van der Waals surface area contributed by atoms with Crippen LogP contribution < -0.4 is 0 Å².